The Kier molecular flexibility index (Phi) is 17.3. The van der Waals surface area contributed by atoms with Gasteiger partial charge in [0.15, 0.2) is 0 Å². The van der Waals surface area contributed by atoms with E-state index >= 15 is 9.59 Å². The number of nitrogens with one attached hydrogen (secondary N) is 1. The van der Waals surface area contributed by atoms with Gasteiger partial charge in [-0.3, -0.25) is 29.0 Å². The highest BCUT2D eigenvalue weighted by atomic mass is 16.6. The van der Waals surface area contributed by atoms with Crippen molar-refractivity contribution in [1.29, 1.82) is 0 Å². The van der Waals surface area contributed by atoms with E-state index in [4.69, 9.17) is 18.9 Å². The van der Waals surface area contributed by atoms with Crippen molar-refractivity contribution < 1.29 is 43.2 Å². The highest BCUT2D eigenvalue weighted by molar-refractivity contribution is 5.96. The number of aromatic nitrogens is 1. The van der Waals surface area contributed by atoms with E-state index in [9.17, 15) is 14.7 Å². The highest BCUT2D eigenvalue weighted by Gasteiger charge is 2.79. The first kappa shape index (κ1) is 56.5. The number of piperidine rings is 1. The normalized spacial score (nSPS) is 31.3. The topological polar surface area (TPSA) is 151 Å². The zero-order chi connectivity index (χ0) is 54.6. The summed E-state index contributed by atoms with van der Waals surface area (Å²) in [7, 11) is 3.04. The van der Waals surface area contributed by atoms with E-state index in [0.717, 1.165) is 79.1 Å². The summed E-state index contributed by atoms with van der Waals surface area (Å²) < 4.78 is 25.5. The van der Waals surface area contributed by atoms with Crippen LogP contribution in [-0.4, -0.2) is 122 Å². The molecule has 3 aromatic rings. The van der Waals surface area contributed by atoms with E-state index in [2.05, 4.69) is 77.2 Å². The molecule has 13 heteroatoms. The number of anilines is 1. The summed E-state index contributed by atoms with van der Waals surface area (Å²) in [6, 6.07) is 11.0. The largest absolute Gasteiger partial charge is 0.496 e. The van der Waals surface area contributed by atoms with Crippen molar-refractivity contribution in [2.24, 2.45) is 16.7 Å². The van der Waals surface area contributed by atoms with E-state index in [0.29, 0.717) is 94.7 Å². The second-order valence-corrected chi connectivity index (χ2v) is 23.8. The number of esters is 3. The number of aliphatic hydroxyl groups is 1. The molecule has 418 valence electrons. The van der Waals surface area contributed by atoms with Crippen molar-refractivity contribution in [2.45, 2.75) is 185 Å². The number of carbonyl (C=O) groups excluding carboxylic acids is 4. The summed E-state index contributed by atoms with van der Waals surface area (Å²) in [6.45, 7) is 13.1. The smallest absolute Gasteiger partial charge is 0.322 e. The maximum Gasteiger partial charge on any atom is 0.322 e. The van der Waals surface area contributed by atoms with Crippen LogP contribution in [-0.2, 0) is 50.6 Å². The minimum absolute atomic E-state index is 0.124. The number of fused-ring (bicyclic) bond motifs is 6. The molecule has 6 aliphatic rings. The molecule has 10 atom stereocenters. The number of nitrogens with zero attached hydrogens (tertiary/aromatic N) is 3. The lowest BCUT2D eigenvalue weighted by Crippen LogP contribution is -2.77. The van der Waals surface area contributed by atoms with Gasteiger partial charge in [-0.15, -0.1) is 0 Å². The first-order valence-electron chi connectivity index (χ1n) is 29.4. The van der Waals surface area contributed by atoms with Gasteiger partial charge in [0, 0.05) is 78.2 Å². The maximum absolute atomic E-state index is 15.6. The lowest BCUT2D eigenvalue weighted by molar-refractivity contribution is -0.205. The fourth-order valence-electron chi connectivity index (χ4n) is 16.0. The number of benzene rings is 2. The van der Waals surface area contributed by atoms with Crippen molar-refractivity contribution in [3.05, 3.63) is 95.2 Å². The van der Waals surface area contributed by atoms with Gasteiger partial charge in [0.1, 0.15) is 22.7 Å². The molecular formula is C64H88N4O9. The molecular weight excluding hydrogens is 969 g/mol. The number of hydrogen-bond acceptors (Lipinski definition) is 11. The van der Waals surface area contributed by atoms with Crippen LogP contribution in [0, 0.1) is 16.7 Å². The number of allylic oxidation sites excluding steroid dienone is 4. The first-order chi connectivity index (χ1) is 37.3. The molecule has 2 saturated heterocycles. The van der Waals surface area contributed by atoms with Crippen LogP contribution in [0.25, 0.3) is 10.9 Å². The maximum atomic E-state index is 15.6. The Labute approximate surface area is 458 Å². The van der Waals surface area contributed by atoms with Crippen molar-refractivity contribution in [3.8, 4) is 5.75 Å². The van der Waals surface area contributed by atoms with Crippen LogP contribution in [0.4, 0.5) is 5.69 Å². The summed E-state index contributed by atoms with van der Waals surface area (Å²) in [5, 5.41) is 13.2. The Morgan fingerprint density at radius 1 is 0.857 bits per heavy atom. The van der Waals surface area contributed by atoms with Crippen LogP contribution in [0.1, 0.15) is 166 Å². The second kappa shape index (κ2) is 23.6. The SMILES string of the molecule is CCCCC/C=C\C/C=C\CCCCCCCCOC(=O)[C@@]1(C)[C@H](OC(C)=O)C2(CC)C=CCN3CC[C@@]4(c5cc([C@@]6(C(=O)OC)CC7C[N@](CCc8c6[nH]c6ccccc86)C[C@](O)(CC)C7)c(OC)cc5N(C=O)[C@@H]14)[C@@H]32. The standard InChI is InChI=1S/C64H88N4O9/c1-8-11-12-13-14-15-16-17-18-19-20-21-22-23-24-27-37-76-58(71)60(5)55-63(33-36-67-34-28-32-62(10-3,56(63)67)57(60)77-45(4)70)49-38-50(53(74-6)39-52(49)68(55)44-69)64(59(72)75-7)41-46-40-61(73,9-2)43-66(42-46)35-31-48-47-29-25-26-30-51(47)65-54(48)64/h14-15,17-18,25-26,28-30,32,38-39,44,46,55-57,65,73H,8-13,16,19-24,27,31,33-37,40-43H2,1-7H3/b15-14-,18-17-/t46?,55-,56-,57-,60+,61-,62?,63-,64-/m0/s1. The van der Waals surface area contributed by atoms with E-state index in [-0.39, 0.29) is 18.6 Å². The average molecular weight is 1060 g/mol. The first-order valence-corrected chi connectivity index (χ1v) is 29.4. The number of para-hydroxylation sites is 1. The molecule has 1 amide bonds. The molecule has 2 unspecified atom stereocenters. The van der Waals surface area contributed by atoms with Gasteiger partial charge in [-0.2, -0.15) is 0 Å². The van der Waals surface area contributed by atoms with Gasteiger partial charge in [0.2, 0.25) is 6.41 Å². The van der Waals surface area contributed by atoms with E-state index in [1.807, 2.05) is 38.1 Å². The lowest BCUT2D eigenvalue weighted by Gasteiger charge is -2.64. The Morgan fingerprint density at radius 2 is 1.60 bits per heavy atom. The van der Waals surface area contributed by atoms with Gasteiger partial charge in [-0.25, -0.2) is 0 Å². The van der Waals surface area contributed by atoms with Gasteiger partial charge in [0.05, 0.1) is 38.2 Å². The van der Waals surface area contributed by atoms with Crippen LogP contribution in [0.3, 0.4) is 0 Å². The van der Waals surface area contributed by atoms with Crippen molar-refractivity contribution in [3.63, 3.8) is 0 Å². The molecule has 1 aromatic heterocycles. The number of carbonyl (C=O) groups is 4. The Balaban J connectivity index is 1.09. The average Bonchev–Trinajstić information content (AvgIpc) is 3.83. The second-order valence-electron chi connectivity index (χ2n) is 23.8. The zero-order valence-electron chi connectivity index (χ0n) is 47.3. The third-order valence-corrected chi connectivity index (χ3v) is 19.3. The number of methoxy groups -OCH3 is 2. The summed E-state index contributed by atoms with van der Waals surface area (Å²) in [4.78, 5) is 69.3. The summed E-state index contributed by atoms with van der Waals surface area (Å²) >= 11 is 0. The predicted octanol–water partition coefficient (Wildman–Crippen LogP) is 11.0. The fraction of sp³-hybridized carbons (Fsp3) is 0.625. The molecule has 0 radical (unpaired) electrons. The number of amides is 1. The van der Waals surface area contributed by atoms with Gasteiger partial charge < -0.3 is 33.9 Å². The minimum Gasteiger partial charge on any atom is -0.496 e. The Bertz CT molecular complexity index is 2710. The van der Waals surface area contributed by atoms with Crippen LogP contribution < -0.4 is 9.64 Å². The minimum atomic E-state index is -1.56. The fourth-order valence-corrected chi connectivity index (χ4v) is 16.0. The van der Waals surface area contributed by atoms with Crippen LogP contribution in [0.2, 0.25) is 0 Å². The van der Waals surface area contributed by atoms with Crippen LogP contribution in [0.15, 0.2) is 72.9 Å². The van der Waals surface area contributed by atoms with E-state index in [1.165, 1.54) is 39.7 Å². The number of hydrogen-bond donors (Lipinski definition) is 2. The third kappa shape index (κ3) is 9.91. The number of H-pyrrole nitrogens is 1. The van der Waals surface area contributed by atoms with Gasteiger partial charge >= 0.3 is 17.9 Å². The van der Waals surface area contributed by atoms with Gasteiger partial charge in [-0.1, -0.05) is 114 Å². The van der Waals surface area contributed by atoms with Gasteiger partial charge in [-0.05, 0) is 120 Å². The predicted molar refractivity (Wildman–Crippen MR) is 302 cm³/mol. The van der Waals surface area contributed by atoms with Crippen LogP contribution in [0.5, 0.6) is 5.75 Å². The molecule has 13 nitrogen and oxygen atoms in total. The summed E-state index contributed by atoms with van der Waals surface area (Å²) in [6.07, 6.45) is 29.5. The van der Waals surface area contributed by atoms with E-state index in [1.54, 1.807) is 12.0 Å². The number of rotatable bonds is 23. The quantitative estimate of drug-likeness (QED) is 0.0307. The Morgan fingerprint density at radius 3 is 2.30 bits per heavy atom. The monoisotopic (exact) mass is 1060 g/mol. The number of unbranched alkanes of at least 4 members (excludes halogenated alkanes) is 9. The third-order valence-electron chi connectivity index (χ3n) is 19.3. The number of aromatic amines is 1. The molecule has 9 rings (SSSR count). The molecule has 1 aliphatic carbocycles. The molecule has 2 bridgehead atoms. The van der Waals surface area contributed by atoms with Crippen molar-refractivity contribution >= 4 is 40.9 Å². The zero-order valence-corrected chi connectivity index (χ0v) is 47.3. The molecule has 1 spiro atoms. The Hall–Kier alpha value is -5.24. The lowest BCUT2D eigenvalue weighted by atomic mass is 9.44. The molecule has 1 saturated carbocycles. The summed E-state index contributed by atoms with van der Waals surface area (Å²) in [5.41, 5.74) is -1.07. The molecule has 3 fully saturated rings. The number of ether oxygens (including phenoxy) is 4. The van der Waals surface area contributed by atoms with Crippen molar-refractivity contribution in [1.82, 2.24) is 14.8 Å². The molecule has 5 aliphatic heterocycles. The highest BCUT2D eigenvalue weighted by Crippen LogP contribution is 2.70. The van der Waals surface area contributed by atoms with Crippen LogP contribution >= 0.6 is 0 Å². The van der Waals surface area contributed by atoms with Crippen molar-refractivity contribution in [2.75, 3.05) is 58.5 Å². The molecule has 2 aromatic carbocycles. The molecule has 2 N–H and O–H groups in total. The molecule has 6 heterocycles. The summed E-state index contributed by atoms with van der Waals surface area (Å²) in [5.74, 6) is -1.18. The van der Waals surface area contributed by atoms with Gasteiger partial charge in [0.25, 0.3) is 0 Å². The molecule has 77 heavy (non-hydrogen) atoms. The van der Waals surface area contributed by atoms with E-state index < -0.39 is 57.3 Å².